The van der Waals surface area contributed by atoms with E-state index in [2.05, 4.69) is 0 Å². The first-order valence-corrected chi connectivity index (χ1v) is 8.13. The van der Waals surface area contributed by atoms with Crippen LogP contribution in [0.25, 0.3) is 0 Å². The average Bonchev–Trinajstić information content (AvgIpc) is 2.42. The highest BCUT2D eigenvalue weighted by Gasteiger charge is 2.49. The quantitative estimate of drug-likeness (QED) is 0.880. The topological polar surface area (TPSA) is 76.1 Å². The first-order chi connectivity index (χ1) is 9.74. The second-order valence-electron chi connectivity index (χ2n) is 5.55. The summed E-state index contributed by atoms with van der Waals surface area (Å²) < 4.78 is 36.5. The van der Waals surface area contributed by atoms with Gasteiger partial charge in [-0.15, -0.1) is 0 Å². The number of sulfonamides is 1. The minimum Gasteiger partial charge on any atom is -0.493 e. The summed E-state index contributed by atoms with van der Waals surface area (Å²) >= 11 is 0. The fourth-order valence-electron chi connectivity index (χ4n) is 2.23. The van der Waals surface area contributed by atoms with Crippen LogP contribution in [0.4, 0.5) is 0 Å². The number of hydrogen-bond donors (Lipinski definition) is 1. The number of β-amino-alcohol motifs (C(OH)–C–C–N with tert-alkyl or cyclic N) is 1. The lowest BCUT2D eigenvalue weighted by atomic mass is 9.85. The summed E-state index contributed by atoms with van der Waals surface area (Å²) in [5, 5.41) is 10.2. The molecule has 6 nitrogen and oxygen atoms in total. The van der Waals surface area contributed by atoms with Gasteiger partial charge in [0.15, 0.2) is 11.5 Å². The lowest BCUT2D eigenvalue weighted by Crippen LogP contribution is -2.65. The van der Waals surface area contributed by atoms with E-state index in [9.17, 15) is 13.5 Å². The van der Waals surface area contributed by atoms with Crippen molar-refractivity contribution in [2.45, 2.75) is 24.3 Å². The van der Waals surface area contributed by atoms with Crippen molar-refractivity contribution in [2.75, 3.05) is 27.3 Å². The zero-order valence-electron chi connectivity index (χ0n) is 12.7. The van der Waals surface area contributed by atoms with Crippen LogP contribution in [0, 0.1) is 5.92 Å². The molecule has 1 aromatic carbocycles. The van der Waals surface area contributed by atoms with Crippen LogP contribution < -0.4 is 9.47 Å². The van der Waals surface area contributed by atoms with Gasteiger partial charge >= 0.3 is 0 Å². The van der Waals surface area contributed by atoms with E-state index in [1.807, 2.05) is 13.8 Å². The van der Waals surface area contributed by atoms with E-state index in [0.29, 0.717) is 11.5 Å². The van der Waals surface area contributed by atoms with Crippen molar-refractivity contribution in [2.24, 2.45) is 5.92 Å². The van der Waals surface area contributed by atoms with Crippen LogP contribution in [-0.4, -0.2) is 50.7 Å². The number of benzene rings is 1. The SMILES string of the molecule is COc1ccc(S(=O)(=O)N2CC(O)(C(C)C)C2)cc1OC. The second-order valence-corrected chi connectivity index (χ2v) is 7.49. The molecule has 0 saturated carbocycles. The number of ether oxygens (including phenoxy) is 2. The van der Waals surface area contributed by atoms with Crippen LogP contribution in [-0.2, 0) is 10.0 Å². The van der Waals surface area contributed by atoms with Crippen LogP contribution in [0.2, 0.25) is 0 Å². The average molecular weight is 315 g/mol. The predicted molar refractivity (Wildman–Crippen MR) is 78.1 cm³/mol. The van der Waals surface area contributed by atoms with Crippen LogP contribution in [0.3, 0.4) is 0 Å². The molecule has 1 aromatic rings. The van der Waals surface area contributed by atoms with E-state index < -0.39 is 15.6 Å². The fourth-order valence-corrected chi connectivity index (χ4v) is 3.81. The molecule has 1 heterocycles. The Morgan fingerprint density at radius 3 is 2.24 bits per heavy atom. The normalized spacial score (nSPS) is 18.4. The smallest absolute Gasteiger partial charge is 0.243 e. The van der Waals surface area contributed by atoms with Gasteiger partial charge in [0.25, 0.3) is 0 Å². The first-order valence-electron chi connectivity index (χ1n) is 6.69. The maximum Gasteiger partial charge on any atom is 0.243 e. The van der Waals surface area contributed by atoms with E-state index >= 15 is 0 Å². The van der Waals surface area contributed by atoms with E-state index in [4.69, 9.17) is 9.47 Å². The predicted octanol–water partition coefficient (Wildman–Crippen LogP) is 1.10. The summed E-state index contributed by atoms with van der Waals surface area (Å²) in [7, 11) is -0.683. The highest BCUT2D eigenvalue weighted by molar-refractivity contribution is 7.89. The van der Waals surface area contributed by atoms with Crippen molar-refractivity contribution >= 4 is 10.0 Å². The highest BCUT2D eigenvalue weighted by Crippen LogP contribution is 2.35. The number of aliphatic hydroxyl groups is 1. The highest BCUT2D eigenvalue weighted by atomic mass is 32.2. The zero-order chi connectivity index (χ0) is 15.8. The summed E-state index contributed by atoms with van der Waals surface area (Å²) in [5.74, 6) is 0.839. The molecule has 0 radical (unpaired) electrons. The minimum atomic E-state index is -3.63. The van der Waals surface area contributed by atoms with Gasteiger partial charge in [0.05, 0.1) is 24.7 Å². The van der Waals surface area contributed by atoms with Crippen LogP contribution in [0.15, 0.2) is 23.1 Å². The van der Waals surface area contributed by atoms with Gasteiger partial charge in [0, 0.05) is 19.2 Å². The third-order valence-electron chi connectivity index (χ3n) is 3.97. The molecular weight excluding hydrogens is 294 g/mol. The van der Waals surface area contributed by atoms with Gasteiger partial charge in [-0.3, -0.25) is 0 Å². The third-order valence-corrected chi connectivity index (χ3v) is 5.76. The Labute approximate surface area is 125 Å². The lowest BCUT2D eigenvalue weighted by molar-refractivity contribution is -0.0932. The van der Waals surface area contributed by atoms with Gasteiger partial charge in [0.2, 0.25) is 10.0 Å². The van der Waals surface area contributed by atoms with Crippen LogP contribution >= 0.6 is 0 Å². The number of nitrogens with zero attached hydrogens (tertiary/aromatic N) is 1. The Balaban J connectivity index is 2.26. The van der Waals surface area contributed by atoms with E-state index in [1.54, 1.807) is 6.07 Å². The third kappa shape index (κ3) is 2.73. The molecule has 0 amide bonds. The fraction of sp³-hybridized carbons (Fsp3) is 0.571. The standard InChI is InChI=1S/C14H21NO5S/c1-10(2)14(16)8-15(9-14)21(17,18)11-5-6-12(19-3)13(7-11)20-4/h5-7,10,16H,8-9H2,1-4H3. The van der Waals surface area contributed by atoms with Crippen LogP contribution in [0.1, 0.15) is 13.8 Å². The van der Waals surface area contributed by atoms with Crippen molar-refractivity contribution in [3.8, 4) is 11.5 Å². The van der Waals surface area contributed by atoms with E-state index in [1.165, 1.54) is 30.7 Å². The van der Waals surface area contributed by atoms with Crippen LogP contribution in [0.5, 0.6) is 11.5 Å². The molecule has 1 aliphatic rings. The molecule has 1 aliphatic heterocycles. The summed E-state index contributed by atoms with van der Waals surface area (Å²) in [4.78, 5) is 0.131. The molecule has 0 bridgehead atoms. The maximum atomic E-state index is 12.5. The van der Waals surface area contributed by atoms with Crippen molar-refractivity contribution in [3.05, 3.63) is 18.2 Å². The molecule has 118 valence electrons. The van der Waals surface area contributed by atoms with Crippen molar-refractivity contribution in [1.82, 2.24) is 4.31 Å². The Morgan fingerprint density at radius 2 is 1.76 bits per heavy atom. The van der Waals surface area contributed by atoms with Crippen molar-refractivity contribution in [3.63, 3.8) is 0 Å². The second kappa shape index (κ2) is 5.47. The molecule has 0 spiro atoms. The maximum absolute atomic E-state index is 12.5. The number of methoxy groups -OCH3 is 2. The summed E-state index contributed by atoms with van der Waals surface area (Å²) in [6.07, 6.45) is 0. The van der Waals surface area contributed by atoms with Gasteiger partial charge in [-0.1, -0.05) is 13.8 Å². The molecule has 0 aliphatic carbocycles. The number of hydrogen-bond acceptors (Lipinski definition) is 5. The van der Waals surface area contributed by atoms with E-state index in [-0.39, 0.29) is 23.9 Å². The van der Waals surface area contributed by atoms with Gasteiger partial charge in [-0.2, -0.15) is 4.31 Å². The molecule has 2 rings (SSSR count). The number of rotatable bonds is 5. The van der Waals surface area contributed by atoms with Crippen molar-refractivity contribution < 1.29 is 23.0 Å². The monoisotopic (exact) mass is 315 g/mol. The van der Waals surface area contributed by atoms with Gasteiger partial charge in [0.1, 0.15) is 0 Å². The summed E-state index contributed by atoms with van der Waals surface area (Å²) in [5.41, 5.74) is -0.941. The van der Waals surface area contributed by atoms with Crippen molar-refractivity contribution in [1.29, 1.82) is 0 Å². The van der Waals surface area contributed by atoms with Gasteiger partial charge in [-0.05, 0) is 18.1 Å². The molecule has 21 heavy (non-hydrogen) atoms. The molecule has 1 N–H and O–H groups in total. The Bertz CT molecular complexity index is 620. The lowest BCUT2D eigenvalue weighted by Gasteiger charge is -2.47. The Kier molecular flexibility index (Phi) is 4.19. The van der Waals surface area contributed by atoms with Gasteiger partial charge in [-0.25, -0.2) is 8.42 Å². The molecule has 7 heteroatoms. The molecule has 1 fully saturated rings. The molecule has 0 unspecified atom stereocenters. The largest absolute Gasteiger partial charge is 0.493 e. The van der Waals surface area contributed by atoms with Gasteiger partial charge < -0.3 is 14.6 Å². The Morgan fingerprint density at radius 1 is 1.19 bits per heavy atom. The molecule has 0 atom stereocenters. The molecular formula is C14H21NO5S. The first kappa shape index (κ1) is 16.1. The summed E-state index contributed by atoms with van der Waals surface area (Å²) in [6, 6.07) is 4.46. The minimum absolute atomic E-state index is 0.00866. The summed E-state index contributed by atoms with van der Waals surface area (Å²) in [6.45, 7) is 3.98. The zero-order valence-corrected chi connectivity index (χ0v) is 13.5. The van der Waals surface area contributed by atoms with E-state index in [0.717, 1.165) is 0 Å². The molecule has 0 aromatic heterocycles. The molecule has 1 saturated heterocycles. The Hall–Kier alpha value is -1.31.